The number of rotatable bonds is 4. The fourth-order valence-electron chi connectivity index (χ4n) is 3.35. The number of thioether (sulfide) groups is 1. The van der Waals surface area contributed by atoms with E-state index in [2.05, 4.69) is 4.90 Å². The molecule has 112 valence electrons. The fourth-order valence-corrected chi connectivity index (χ4v) is 6.31. The Labute approximate surface area is 121 Å². The number of sulfone groups is 1. The van der Waals surface area contributed by atoms with Crippen molar-refractivity contribution in [3.8, 4) is 0 Å². The SMILES string of the molecule is CS(=O)(=O)C1CSCCN1CC1CCCCC1CN. The Morgan fingerprint density at radius 2 is 1.95 bits per heavy atom. The van der Waals surface area contributed by atoms with Crippen LogP contribution in [0, 0.1) is 11.8 Å². The number of hydrogen-bond donors (Lipinski definition) is 1. The van der Waals surface area contributed by atoms with E-state index in [9.17, 15) is 8.42 Å². The molecular formula is C13H26N2O2S2. The lowest BCUT2D eigenvalue weighted by Crippen LogP contribution is -2.50. The van der Waals surface area contributed by atoms with Crippen LogP contribution < -0.4 is 5.73 Å². The first-order chi connectivity index (χ1) is 9.02. The van der Waals surface area contributed by atoms with Gasteiger partial charge in [-0.2, -0.15) is 11.8 Å². The van der Waals surface area contributed by atoms with E-state index < -0.39 is 9.84 Å². The molecule has 2 rings (SSSR count). The summed E-state index contributed by atoms with van der Waals surface area (Å²) in [6.45, 7) is 2.56. The van der Waals surface area contributed by atoms with E-state index in [1.807, 2.05) is 0 Å². The van der Waals surface area contributed by atoms with Crippen molar-refractivity contribution in [2.75, 3.05) is 37.4 Å². The average molecular weight is 306 g/mol. The second kappa shape index (κ2) is 6.78. The standard InChI is InChI=1S/C13H26N2O2S2/c1-19(16,17)13-10-18-7-6-15(13)9-12-5-3-2-4-11(12)8-14/h11-13H,2-10,14H2,1H3. The third-order valence-electron chi connectivity index (χ3n) is 4.52. The van der Waals surface area contributed by atoms with Gasteiger partial charge in [-0.25, -0.2) is 8.42 Å². The summed E-state index contributed by atoms with van der Waals surface area (Å²) in [6, 6.07) is 0. The summed E-state index contributed by atoms with van der Waals surface area (Å²) in [5, 5.41) is -0.286. The third-order valence-corrected chi connectivity index (χ3v) is 7.21. The highest BCUT2D eigenvalue weighted by Crippen LogP contribution is 2.32. The monoisotopic (exact) mass is 306 g/mol. The van der Waals surface area contributed by atoms with E-state index in [1.165, 1.54) is 31.9 Å². The van der Waals surface area contributed by atoms with E-state index in [-0.39, 0.29) is 5.37 Å². The van der Waals surface area contributed by atoms with Gasteiger partial charge in [0.15, 0.2) is 9.84 Å². The molecule has 0 aromatic rings. The van der Waals surface area contributed by atoms with Crippen molar-refractivity contribution >= 4 is 21.6 Å². The molecule has 0 bridgehead atoms. The van der Waals surface area contributed by atoms with Crippen molar-refractivity contribution in [3.63, 3.8) is 0 Å². The summed E-state index contributed by atoms with van der Waals surface area (Å²) in [6.07, 6.45) is 6.35. The van der Waals surface area contributed by atoms with Crippen molar-refractivity contribution in [1.82, 2.24) is 4.90 Å². The summed E-state index contributed by atoms with van der Waals surface area (Å²) in [5.41, 5.74) is 5.88. The molecule has 1 saturated carbocycles. The molecule has 0 spiro atoms. The average Bonchev–Trinajstić information content (AvgIpc) is 2.39. The molecule has 4 nitrogen and oxygen atoms in total. The van der Waals surface area contributed by atoms with Crippen molar-refractivity contribution in [1.29, 1.82) is 0 Å². The molecule has 0 aromatic carbocycles. The molecule has 3 atom stereocenters. The zero-order chi connectivity index (χ0) is 13.9. The van der Waals surface area contributed by atoms with Gasteiger partial charge in [-0.3, -0.25) is 4.90 Å². The van der Waals surface area contributed by atoms with Gasteiger partial charge in [0.05, 0.1) is 0 Å². The molecule has 2 N–H and O–H groups in total. The molecule has 6 heteroatoms. The van der Waals surface area contributed by atoms with Gasteiger partial charge >= 0.3 is 0 Å². The Morgan fingerprint density at radius 3 is 2.58 bits per heavy atom. The predicted octanol–water partition coefficient (Wildman–Crippen LogP) is 1.17. The molecule has 1 heterocycles. The Balaban J connectivity index is 2.02. The first-order valence-electron chi connectivity index (χ1n) is 7.23. The smallest absolute Gasteiger partial charge is 0.164 e. The Kier molecular flexibility index (Phi) is 5.57. The van der Waals surface area contributed by atoms with Crippen LogP contribution in [0.25, 0.3) is 0 Å². The van der Waals surface area contributed by atoms with Crippen molar-refractivity contribution in [2.45, 2.75) is 31.1 Å². The summed E-state index contributed by atoms with van der Waals surface area (Å²) in [7, 11) is -2.98. The van der Waals surface area contributed by atoms with Crippen molar-refractivity contribution in [2.24, 2.45) is 17.6 Å². The molecular weight excluding hydrogens is 280 g/mol. The van der Waals surface area contributed by atoms with Crippen LogP contribution >= 0.6 is 11.8 Å². The second-order valence-corrected chi connectivity index (χ2v) is 9.25. The molecule has 1 saturated heterocycles. The van der Waals surface area contributed by atoms with Gasteiger partial charge in [0.1, 0.15) is 5.37 Å². The van der Waals surface area contributed by atoms with Crippen molar-refractivity contribution in [3.05, 3.63) is 0 Å². The lowest BCUT2D eigenvalue weighted by molar-refractivity contribution is 0.152. The number of hydrogen-bond acceptors (Lipinski definition) is 5. The van der Waals surface area contributed by atoms with E-state index in [1.54, 1.807) is 11.8 Å². The summed E-state index contributed by atoms with van der Waals surface area (Å²) < 4.78 is 23.8. The lowest BCUT2D eigenvalue weighted by atomic mass is 9.79. The minimum atomic E-state index is -2.98. The zero-order valence-electron chi connectivity index (χ0n) is 11.8. The first-order valence-corrected chi connectivity index (χ1v) is 10.3. The third kappa shape index (κ3) is 4.09. The molecule has 1 aliphatic carbocycles. The van der Waals surface area contributed by atoms with Crippen molar-refractivity contribution < 1.29 is 8.42 Å². The van der Waals surface area contributed by atoms with Crippen LogP contribution in [0.3, 0.4) is 0 Å². The maximum Gasteiger partial charge on any atom is 0.164 e. The summed E-state index contributed by atoms with van der Waals surface area (Å²) >= 11 is 1.76. The summed E-state index contributed by atoms with van der Waals surface area (Å²) in [5.74, 6) is 2.94. The van der Waals surface area contributed by atoms with Crippen LogP contribution in [0.2, 0.25) is 0 Å². The number of nitrogens with two attached hydrogens (primary N) is 1. The molecule has 2 aliphatic rings. The Morgan fingerprint density at radius 1 is 1.26 bits per heavy atom. The summed E-state index contributed by atoms with van der Waals surface area (Å²) in [4.78, 5) is 2.20. The highest BCUT2D eigenvalue weighted by molar-refractivity contribution is 8.00. The fraction of sp³-hybridized carbons (Fsp3) is 1.00. The minimum absolute atomic E-state index is 0.286. The van der Waals surface area contributed by atoms with E-state index in [0.29, 0.717) is 11.8 Å². The van der Waals surface area contributed by atoms with Crippen LogP contribution in [0.5, 0.6) is 0 Å². The normalized spacial score (nSPS) is 34.3. The van der Waals surface area contributed by atoms with E-state index in [4.69, 9.17) is 5.73 Å². The van der Waals surface area contributed by atoms with Gasteiger partial charge in [-0.1, -0.05) is 12.8 Å². The van der Waals surface area contributed by atoms with Gasteiger partial charge in [0, 0.05) is 30.9 Å². The topological polar surface area (TPSA) is 63.4 Å². The molecule has 2 fully saturated rings. The minimum Gasteiger partial charge on any atom is -0.330 e. The van der Waals surface area contributed by atoms with Crippen LogP contribution in [-0.4, -0.2) is 56.1 Å². The Bertz CT molecular complexity index is 386. The van der Waals surface area contributed by atoms with Gasteiger partial charge in [-0.15, -0.1) is 0 Å². The maximum absolute atomic E-state index is 11.9. The highest BCUT2D eigenvalue weighted by Gasteiger charge is 2.34. The van der Waals surface area contributed by atoms with Crippen LogP contribution in [0.4, 0.5) is 0 Å². The molecule has 3 unspecified atom stereocenters. The van der Waals surface area contributed by atoms with E-state index in [0.717, 1.165) is 31.1 Å². The molecule has 19 heavy (non-hydrogen) atoms. The lowest BCUT2D eigenvalue weighted by Gasteiger charge is -2.39. The van der Waals surface area contributed by atoms with Crippen LogP contribution in [0.1, 0.15) is 25.7 Å². The van der Waals surface area contributed by atoms with Crippen LogP contribution in [0.15, 0.2) is 0 Å². The maximum atomic E-state index is 11.9. The highest BCUT2D eigenvalue weighted by atomic mass is 32.2. The van der Waals surface area contributed by atoms with Gasteiger partial charge < -0.3 is 5.73 Å². The van der Waals surface area contributed by atoms with Gasteiger partial charge in [0.25, 0.3) is 0 Å². The van der Waals surface area contributed by atoms with Gasteiger partial charge in [0.2, 0.25) is 0 Å². The quantitative estimate of drug-likeness (QED) is 0.845. The molecule has 1 aliphatic heterocycles. The molecule has 0 radical (unpaired) electrons. The van der Waals surface area contributed by atoms with E-state index >= 15 is 0 Å². The zero-order valence-corrected chi connectivity index (χ0v) is 13.4. The number of nitrogens with zero attached hydrogens (tertiary/aromatic N) is 1. The predicted molar refractivity (Wildman–Crippen MR) is 82.0 cm³/mol. The largest absolute Gasteiger partial charge is 0.330 e. The first kappa shape index (κ1) is 15.6. The van der Waals surface area contributed by atoms with Crippen LogP contribution in [-0.2, 0) is 9.84 Å². The Hall–Kier alpha value is 0.220. The molecule has 0 aromatic heterocycles. The molecule has 0 amide bonds. The van der Waals surface area contributed by atoms with Gasteiger partial charge in [-0.05, 0) is 31.2 Å². The second-order valence-electron chi connectivity index (χ2n) is 5.89.